The summed E-state index contributed by atoms with van der Waals surface area (Å²) in [5.74, 6) is 2.61. The summed E-state index contributed by atoms with van der Waals surface area (Å²) in [6, 6.07) is 0. The first-order chi connectivity index (χ1) is 10.1. The highest BCUT2D eigenvalue weighted by Gasteiger charge is 2.18. The maximum absolute atomic E-state index is 5.37. The van der Waals surface area contributed by atoms with Crippen molar-refractivity contribution in [3.05, 3.63) is 4.88 Å². The van der Waals surface area contributed by atoms with Crippen molar-refractivity contribution < 1.29 is 4.74 Å². The molecule has 0 aliphatic heterocycles. The highest BCUT2D eigenvalue weighted by Crippen LogP contribution is 2.31. The fraction of sp³-hybridized carbons (Fsp3) is 0.812. The maximum atomic E-state index is 5.37. The van der Waals surface area contributed by atoms with Crippen molar-refractivity contribution in [3.63, 3.8) is 0 Å². The third-order valence-electron chi connectivity index (χ3n) is 4.29. The van der Waals surface area contributed by atoms with Crippen molar-refractivity contribution in [1.82, 2.24) is 10.3 Å². The Morgan fingerprint density at radius 3 is 2.86 bits per heavy atom. The van der Waals surface area contributed by atoms with Gasteiger partial charge in [-0.05, 0) is 31.2 Å². The lowest BCUT2D eigenvalue weighted by atomic mass is 9.81. The fourth-order valence-electron chi connectivity index (χ4n) is 3.12. The minimum atomic E-state index is 0.766. The van der Waals surface area contributed by atoms with E-state index in [1.54, 1.807) is 18.4 Å². The average Bonchev–Trinajstić information content (AvgIpc) is 2.87. The second-order valence-corrected chi connectivity index (χ2v) is 7.49. The van der Waals surface area contributed by atoms with E-state index in [1.807, 2.05) is 19.0 Å². The Morgan fingerprint density at radius 1 is 1.38 bits per heavy atom. The van der Waals surface area contributed by atoms with Crippen LogP contribution in [0.4, 0.5) is 5.13 Å². The van der Waals surface area contributed by atoms with Gasteiger partial charge in [0.25, 0.3) is 0 Å². The van der Waals surface area contributed by atoms with Crippen LogP contribution in [-0.4, -0.2) is 32.7 Å². The summed E-state index contributed by atoms with van der Waals surface area (Å²) in [5.41, 5.74) is 0. The Bertz CT molecular complexity index is 433. The Labute approximate surface area is 132 Å². The lowest BCUT2D eigenvalue weighted by molar-refractivity contribution is 0.267. The summed E-state index contributed by atoms with van der Waals surface area (Å²) in [7, 11) is 5.72. The van der Waals surface area contributed by atoms with E-state index in [0.717, 1.165) is 35.9 Å². The minimum absolute atomic E-state index is 0.766. The van der Waals surface area contributed by atoms with Gasteiger partial charge in [0.1, 0.15) is 0 Å². The Hall–Kier alpha value is -0.810. The smallest absolute Gasteiger partial charge is 0.230 e. The minimum Gasteiger partial charge on any atom is -0.480 e. The summed E-state index contributed by atoms with van der Waals surface area (Å²) >= 11 is 1.71. The molecule has 1 saturated carbocycles. The van der Waals surface area contributed by atoms with Crippen LogP contribution in [0.25, 0.3) is 0 Å². The van der Waals surface area contributed by atoms with E-state index < -0.39 is 0 Å². The number of nitrogens with zero attached hydrogens (tertiary/aromatic N) is 2. The van der Waals surface area contributed by atoms with E-state index in [1.165, 1.54) is 37.0 Å². The maximum Gasteiger partial charge on any atom is 0.230 e. The molecule has 2 atom stereocenters. The van der Waals surface area contributed by atoms with Gasteiger partial charge in [-0.15, -0.1) is 0 Å². The summed E-state index contributed by atoms with van der Waals surface area (Å²) in [4.78, 5) is 7.71. The monoisotopic (exact) mass is 311 g/mol. The van der Waals surface area contributed by atoms with Crippen LogP contribution in [0.3, 0.4) is 0 Å². The van der Waals surface area contributed by atoms with Crippen molar-refractivity contribution in [3.8, 4) is 5.88 Å². The van der Waals surface area contributed by atoms with Crippen molar-refractivity contribution in [2.75, 3.05) is 32.6 Å². The number of ether oxygens (including phenoxy) is 1. The van der Waals surface area contributed by atoms with Crippen molar-refractivity contribution >= 4 is 16.5 Å². The number of methoxy groups -OCH3 is 1. The highest BCUT2D eigenvalue weighted by molar-refractivity contribution is 7.15. The summed E-state index contributed by atoms with van der Waals surface area (Å²) in [6.45, 7) is 4.34. The van der Waals surface area contributed by atoms with Crippen LogP contribution in [0.2, 0.25) is 0 Å². The predicted molar refractivity (Wildman–Crippen MR) is 90.4 cm³/mol. The molecule has 1 aliphatic carbocycles. The molecule has 1 aliphatic rings. The van der Waals surface area contributed by atoms with Gasteiger partial charge in [0.05, 0.1) is 12.0 Å². The molecule has 2 rings (SSSR count). The lowest BCUT2D eigenvalue weighted by Gasteiger charge is -2.26. The molecule has 0 bridgehead atoms. The number of anilines is 1. The normalized spacial score (nSPS) is 22.3. The van der Waals surface area contributed by atoms with E-state index in [-0.39, 0.29) is 0 Å². The first-order valence-electron chi connectivity index (χ1n) is 8.02. The van der Waals surface area contributed by atoms with E-state index in [2.05, 4.69) is 17.2 Å². The van der Waals surface area contributed by atoms with E-state index in [0.29, 0.717) is 0 Å². The molecule has 21 heavy (non-hydrogen) atoms. The molecule has 5 heteroatoms. The van der Waals surface area contributed by atoms with E-state index in [4.69, 9.17) is 4.74 Å². The van der Waals surface area contributed by atoms with Gasteiger partial charge < -0.3 is 15.0 Å². The molecule has 1 aromatic heterocycles. The summed E-state index contributed by atoms with van der Waals surface area (Å²) in [6.07, 6.45) is 6.97. The van der Waals surface area contributed by atoms with Crippen LogP contribution >= 0.6 is 11.3 Å². The van der Waals surface area contributed by atoms with Crippen molar-refractivity contribution in [1.29, 1.82) is 0 Å². The highest BCUT2D eigenvalue weighted by atomic mass is 32.1. The first-order valence-corrected chi connectivity index (χ1v) is 8.83. The molecular weight excluding hydrogens is 282 g/mol. The average molecular weight is 311 g/mol. The molecule has 1 N–H and O–H groups in total. The standard InChI is InChI=1S/C16H29N3OS/c1-12-6-5-7-13(10-12)8-9-17-11-14-15(20-4)18-16(21-14)19(2)3/h12-13,17H,5-11H2,1-4H3. The van der Waals surface area contributed by atoms with Crippen LogP contribution in [0.5, 0.6) is 5.88 Å². The molecule has 1 aromatic rings. The number of nitrogens with one attached hydrogen (secondary N) is 1. The third-order valence-corrected chi connectivity index (χ3v) is 5.49. The van der Waals surface area contributed by atoms with Gasteiger partial charge in [-0.1, -0.05) is 37.5 Å². The van der Waals surface area contributed by atoms with Crippen LogP contribution in [0, 0.1) is 11.8 Å². The molecule has 0 radical (unpaired) electrons. The van der Waals surface area contributed by atoms with Gasteiger partial charge in [0, 0.05) is 20.6 Å². The quantitative estimate of drug-likeness (QED) is 0.782. The zero-order valence-electron chi connectivity index (χ0n) is 13.8. The van der Waals surface area contributed by atoms with Crippen LogP contribution in [-0.2, 0) is 6.54 Å². The molecule has 0 aromatic carbocycles. The van der Waals surface area contributed by atoms with Gasteiger partial charge in [0.2, 0.25) is 5.88 Å². The zero-order valence-corrected chi connectivity index (χ0v) is 14.6. The molecule has 0 saturated heterocycles. The zero-order chi connectivity index (χ0) is 15.2. The lowest BCUT2D eigenvalue weighted by Crippen LogP contribution is -2.21. The van der Waals surface area contributed by atoms with Gasteiger partial charge in [0.15, 0.2) is 5.13 Å². The Kier molecular flexibility index (Phi) is 6.30. The first kappa shape index (κ1) is 16.6. The van der Waals surface area contributed by atoms with Gasteiger partial charge >= 0.3 is 0 Å². The molecule has 0 spiro atoms. The Balaban J connectivity index is 1.75. The second kappa shape index (κ2) is 7.99. The molecule has 4 nitrogen and oxygen atoms in total. The topological polar surface area (TPSA) is 37.4 Å². The van der Waals surface area contributed by atoms with Crippen LogP contribution in [0.15, 0.2) is 0 Å². The second-order valence-electron chi connectivity index (χ2n) is 6.43. The van der Waals surface area contributed by atoms with Crippen molar-refractivity contribution in [2.45, 2.75) is 45.6 Å². The molecular formula is C16H29N3OS. The van der Waals surface area contributed by atoms with Crippen molar-refractivity contribution in [2.24, 2.45) is 11.8 Å². The van der Waals surface area contributed by atoms with Crippen LogP contribution in [0.1, 0.15) is 43.9 Å². The van der Waals surface area contributed by atoms with Crippen LogP contribution < -0.4 is 15.0 Å². The summed E-state index contributed by atoms with van der Waals surface area (Å²) in [5, 5.41) is 4.57. The molecule has 1 heterocycles. The number of thiazole rings is 1. The van der Waals surface area contributed by atoms with Gasteiger partial charge in [-0.25, -0.2) is 0 Å². The molecule has 2 unspecified atom stereocenters. The van der Waals surface area contributed by atoms with E-state index >= 15 is 0 Å². The summed E-state index contributed by atoms with van der Waals surface area (Å²) < 4.78 is 5.37. The predicted octanol–water partition coefficient (Wildman–Crippen LogP) is 3.52. The molecule has 0 amide bonds. The van der Waals surface area contributed by atoms with E-state index in [9.17, 15) is 0 Å². The number of hydrogen-bond donors (Lipinski definition) is 1. The number of rotatable bonds is 7. The third kappa shape index (κ3) is 4.85. The molecule has 1 fully saturated rings. The molecule has 120 valence electrons. The fourth-order valence-corrected chi connectivity index (χ4v) is 4.04. The largest absolute Gasteiger partial charge is 0.480 e. The van der Waals surface area contributed by atoms with Gasteiger partial charge in [-0.2, -0.15) is 4.98 Å². The number of hydrogen-bond acceptors (Lipinski definition) is 5. The van der Waals surface area contributed by atoms with Gasteiger partial charge in [-0.3, -0.25) is 0 Å². The Morgan fingerprint density at radius 2 is 2.19 bits per heavy atom. The number of aromatic nitrogens is 1. The SMILES string of the molecule is COc1nc(N(C)C)sc1CNCCC1CCCC(C)C1.